The van der Waals surface area contributed by atoms with Crippen LogP contribution in [0.25, 0.3) is 0 Å². The number of rotatable bonds is 1. The summed E-state index contributed by atoms with van der Waals surface area (Å²) in [6, 6.07) is 0. The van der Waals surface area contributed by atoms with Gasteiger partial charge in [0.2, 0.25) is 0 Å². The lowest BCUT2D eigenvalue weighted by atomic mass is 10.2. The van der Waals surface area contributed by atoms with Gasteiger partial charge >= 0.3 is 0 Å². The zero-order valence-electron chi connectivity index (χ0n) is 6.31. The van der Waals surface area contributed by atoms with Gasteiger partial charge in [-0.1, -0.05) is 13.8 Å². The number of aryl methyl sites for hydroxylation is 1. The van der Waals surface area contributed by atoms with Crippen molar-refractivity contribution in [1.82, 2.24) is 4.98 Å². The summed E-state index contributed by atoms with van der Waals surface area (Å²) in [6.07, 6.45) is 0. The first-order valence-corrected chi connectivity index (χ1v) is 4.85. The average molecular weight is 220 g/mol. The molecule has 1 heterocycles. The molecule has 1 aromatic rings. The summed E-state index contributed by atoms with van der Waals surface area (Å²) in [5, 5.41) is 1.21. The van der Waals surface area contributed by atoms with Crippen LogP contribution in [-0.2, 0) is 0 Å². The van der Waals surface area contributed by atoms with E-state index in [1.807, 2.05) is 0 Å². The maximum absolute atomic E-state index is 4.34. The maximum Gasteiger partial charge on any atom is 0.120 e. The van der Waals surface area contributed by atoms with Crippen LogP contribution in [0.3, 0.4) is 0 Å². The van der Waals surface area contributed by atoms with Gasteiger partial charge in [0.25, 0.3) is 0 Å². The fourth-order valence-electron chi connectivity index (χ4n) is 0.644. The Bertz CT molecular complexity index is 210. The molecular weight excluding hydrogens is 210 g/mol. The third kappa shape index (κ3) is 1.58. The van der Waals surface area contributed by atoms with Crippen LogP contribution in [0.4, 0.5) is 0 Å². The van der Waals surface area contributed by atoms with E-state index in [-0.39, 0.29) is 0 Å². The van der Waals surface area contributed by atoms with E-state index in [9.17, 15) is 0 Å². The normalized spacial score (nSPS) is 10.9. The van der Waals surface area contributed by atoms with Gasteiger partial charge < -0.3 is 0 Å². The number of nitrogens with zero attached hydrogens (tertiary/aromatic N) is 1. The molecule has 0 fully saturated rings. The SMILES string of the molecule is Cc1sc(C(C)C)nc1Br. The second-order valence-corrected chi connectivity index (χ2v) is 4.54. The largest absolute Gasteiger partial charge is 0.234 e. The molecule has 0 spiro atoms. The first-order valence-electron chi connectivity index (χ1n) is 3.24. The highest BCUT2D eigenvalue weighted by atomic mass is 79.9. The molecule has 1 rings (SSSR count). The molecule has 0 unspecified atom stereocenters. The van der Waals surface area contributed by atoms with Crippen LogP contribution in [0, 0.1) is 6.92 Å². The first kappa shape index (κ1) is 8.21. The van der Waals surface area contributed by atoms with E-state index in [1.165, 1.54) is 9.88 Å². The highest BCUT2D eigenvalue weighted by Crippen LogP contribution is 2.26. The minimum atomic E-state index is 0.551. The summed E-state index contributed by atoms with van der Waals surface area (Å²) in [4.78, 5) is 5.61. The van der Waals surface area contributed by atoms with Crippen LogP contribution in [0.15, 0.2) is 4.60 Å². The summed E-state index contributed by atoms with van der Waals surface area (Å²) in [7, 11) is 0. The van der Waals surface area contributed by atoms with E-state index in [0.717, 1.165) is 4.60 Å². The monoisotopic (exact) mass is 219 g/mol. The summed E-state index contributed by atoms with van der Waals surface area (Å²) in [5.74, 6) is 0.551. The fraction of sp³-hybridized carbons (Fsp3) is 0.571. The Morgan fingerprint density at radius 2 is 2.10 bits per heavy atom. The number of aromatic nitrogens is 1. The maximum atomic E-state index is 4.34. The van der Waals surface area contributed by atoms with Gasteiger partial charge in [-0.05, 0) is 22.9 Å². The lowest BCUT2D eigenvalue weighted by Crippen LogP contribution is -1.82. The molecule has 0 aliphatic heterocycles. The lowest BCUT2D eigenvalue weighted by molar-refractivity contribution is 0.849. The third-order valence-electron chi connectivity index (χ3n) is 1.25. The average Bonchev–Trinajstić information content (AvgIpc) is 2.13. The Balaban J connectivity index is 2.98. The zero-order chi connectivity index (χ0) is 7.72. The molecule has 0 N–H and O–H groups in total. The van der Waals surface area contributed by atoms with Crippen molar-refractivity contribution < 1.29 is 0 Å². The van der Waals surface area contributed by atoms with E-state index in [0.29, 0.717) is 5.92 Å². The van der Waals surface area contributed by atoms with E-state index in [1.54, 1.807) is 11.3 Å². The molecular formula is C7H10BrNS. The van der Waals surface area contributed by atoms with Crippen molar-refractivity contribution >= 4 is 27.3 Å². The number of hydrogen-bond acceptors (Lipinski definition) is 2. The molecule has 1 nitrogen and oxygen atoms in total. The highest BCUT2D eigenvalue weighted by Gasteiger charge is 2.06. The van der Waals surface area contributed by atoms with Crippen LogP contribution >= 0.6 is 27.3 Å². The molecule has 3 heteroatoms. The molecule has 0 aliphatic carbocycles. The molecule has 0 atom stereocenters. The molecule has 0 saturated carbocycles. The van der Waals surface area contributed by atoms with Crippen LogP contribution in [-0.4, -0.2) is 4.98 Å². The number of thiazole rings is 1. The van der Waals surface area contributed by atoms with Gasteiger partial charge in [-0.3, -0.25) is 0 Å². The molecule has 0 aromatic carbocycles. The molecule has 0 aliphatic rings. The second kappa shape index (κ2) is 3.01. The van der Waals surface area contributed by atoms with E-state index >= 15 is 0 Å². The molecule has 0 saturated heterocycles. The standard InChI is InChI=1S/C7H10BrNS/c1-4(2)7-9-6(8)5(3)10-7/h4H,1-3H3. The minimum Gasteiger partial charge on any atom is -0.234 e. The Hall–Kier alpha value is 0.110. The Kier molecular flexibility index (Phi) is 2.47. The Labute approximate surface area is 73.6 Å². The van der Waals surface area contributed by atoms with Crippen molar-refractivity contribution in [3.8, 4) is 0 Å². The van der Waals surface area contributed by atoms with Gasteiger partial charge in [0, 0.05) is 10.8 Å². The van der Waals surface area contributed by atoms with Crippen molar-refractivity contribution in [2.24, 2.45) is 0 Å². The quantitative estimate of drug-likeness (QED) is 0.707. The van der Waals surface area contributed by atoms with Gasteiger partial charge in [-0.2, -0.15) is 0 Å². The van der Waals surface area contributed by atoms with Crippen LogP contribution in [0.5, 0.6) is 0 Å². The Morgan fingerprint density at radius 3 is 2.30 bits per heavy atom. The van der Waals surface area contributed by atoms with Gasteiger partial charge in [0.1, 0.15) is 4.60 Å². The van der Waals surface area contributed by atoms with Gasteiger partial charge in [0.15, 0.2) is 0 Å². The second-order valence-electron chi connectivity index (χ2n) is 2.55. The molecule has 56 valence electrons. The van der Waals surface area contributed by atoms with Gasteiger partial charge in [0.05, 0.1) is 5.01 Å². The molecule has 10 heavy (non-hydrogen) atoms. The number of hydrogen-bond donors (Lipinski definition) is 0. The predicted octanol–water partition coefficient (Wildman–Crippen LogP) is 3.34. The van der Waals surface area contributed by atoms with E-state index in [2.05, 4.69) is 41.7 Å². The Morgan fingerprint density at radius 1 is 1.50 bits per heavy atom. The van der Waals surface area contributed by atoms with Crippen molar-refractivity contribution in [1.29, 1.82) is 0 Å². The smallest absolute Gasteiger partial charge is 0.120 e. The molecule has 1 aromatic heterocycles. The van der Waals surface area contributed by atoms with Crippen molar-refractivity contribution in [3.63, 3.8) is 0 Å². The van der Waals surface area contributed by atoms with Crippen LogP contribution < -0.4 is 0 Å². The summed E-state index contributed by atoms with van der Waals surface area (Å²) >= 11 is 5.15. The summed E-state index contributed by atoms with van der Waals surface area (Å²) in [6.45, 7) is 6.39. The van der Waals surface area contributed by atoms with Crippen molar-refractivity contribution in [2.75, 3.05) is 0 Å². The molecule has 0 radical (unpaired) electrons. The third-order valence-corrected chi connectivity index (χ3v) is 3.56. The topological polar surface area (TPSA) is 12.9 Å². The van der Waals surface area contributed by atoms with Crippen molar-refractivity contribution in [3.05, 3.63) is 14.5 Å². The van der Waals surface area contributed by atoms with Crippen molar-refractivity contribution in [2.45, 2.75) is 26.7 Å². The molecule has 0 bridgehead atoms. The van der Waals surface area contributed by atoms with Crippen LogP contribution in [0.2, 0.25) is 0 Å². The van der Waals surface area contributed by atoms with Crippen LogP contribution in [0.1, 0.15) is 29.7 Å². The fourth-order valence-corrected chi connectivity index (χ4v) is 2.01. The zero-order valence-corrected chi connectivity index (χ0v) is 8.71. The van der Waals surface area contributed by atoms with Gasteiger partial charge in [-0.15, -0.1) is 11.3 Å². The summed E-state index contributed by atoms with van der Waals surface area (Å²) < 4.78 is 1.00. The van der Waals surface area contributed by atoms with E-state index in [4.69, 9.17) is 0 Å². The van der Waals surface area contributed by atoms with E-state index < -0.39 is 0 Å². The highest BCUT2D eigenvalue weighted by molar-refractivity contribution is 9.10. The number of halogens is 1. The first-order chi connectivity index (χ1) is 4.61. The predicted molar refractivity (Wildman–Crippen MR) is 48.6 cm³/mol. The van der Waals surface area contributed by atoms with Gasteiger partial charge in [-0.25, -0.2) is 4.98 Å². The molecule has 0 amide bonds. The summed E-state index contributed by atoms with van der Waals surface area (Å²) in [5.41, 5.74) is 0. The lowest BCUT2D eigenvalue weighted by Gasteiger charge is -1.94. The minimum absolute atomic E-state index is 0.551.